The number of aromatic nitrogens is 2. The minimum Gasteiger partial charge on any atom is -0.477 e. The van der Waals surface area contributed by atoms with E-state index in [-0.39, 0.29) is 5.69 Å². The van der Waals surface area contributed by atoms with Gasteiger partial charge in [0.25, 0.3) is 0 Å². The van der Waals surface area contributed by atoms with Gasteiger partial charge >= 0.3 is 5.97 Å². The minimum atomic E-state index is -1.04. The average molecular weight is 265 g/mol. The van der Waals surface area contributed by atoms with Gasteiger partial charge in [-0.25, -0.2) is 14.8 Å². The number of carbonyl (C=O) groups is 1. The van der Waals surface area contributed by atoms with Crippen LogP contribution in [0, 0.1) is 12.8 Å². The van der Waals surface area contributed by atoms with Crippen LogP contribution in [0.4, 0.5) is 5.95 Å². The Hall–Kier alpha value is -1.69. The maximum atomic E-state index is 10.9. The summed E-state index contributed by atoms with van der Waals surface area (Å²) in [5.74, 6) is 0.136. The molecule has 0 saturated heterocycles. The molecule has 0 atom stereocenters. The van der Waals surface area contributed by atoms with Gasteiger partial charge in [0.2, 0.25) is 5.95 Å². The molecule has 19 heavy (non-hydrogen) atoms. The molecule has 1 N–H and O–H groups in total. The molecule has 1 saturated carbocycles. The quantitative estimate of drug-likeness (QED) is 0.750. The SMILES string of the molecule is Cc1cc(C(=O)O)nc(N(C)CCOCC2CC2)n1. The van der Waals surface area contributed by atoms with Crippen molar-refractivity contribution in [3.05, 3.63) is 17.5 Å². The fourth-order valence-electron chi connectivity index (χ4n) is 1.67. The van der Waals surface area contributed by atoms with Gasteiger partial charge in [-0.15, -0.1) is 0 Å². The number of rotatable bonds is 7. The molecule has 6 nitrogen and oxygen atoms in total. The van der Waals surface area contributed by atoms with Crippen molar-refractivity contribution in [3.8, 4) is 0 Å². The number of hydrogen-bond acceptors (Lipinski definition) is 5. The van der Waals surface area contributed by atoms with Gasteiger partial charge < -0.3 is 14.7 Å². The van der Waals surface area contributed by atoms with Crippen LogP contribution < -0.4 is 4.90 Å². The van der Waals surface area contributed by atoms with Crippen molar-refractivity contribution in [2.45, 2.75) is 19.8 Å². The van der Waals surface area contributed by atoms with Crippen LogP contribution >= 0.6 is 0 Å². The molecular formula is C13H19N3O3. The molecule has 1 heterocycles. The minimum absolute atomic E-state index is 0.0215. The van der Waals surface area contributed by atoms with E-state index in [1.54, 1.807) is 6.92 Å². The first kappa shape index (κ1) is 13.7. The number of aromatic carboxylic acids is 1. The predicted octanol–water partition coefficient (Wildman–Crippen LogP) is 1.35. The van der Waals surface area contributed by atoms with E-state index in [9.17, 15) is 4.79 Å². The molecule has 1 aliphatic carbocycles. The third-order valence-corrected chi connectivity index (χ3v) is 3.02. The standard InChI is InChI=1S/C13H19N3O3/c1-9-7-11(12(17)18)15-13(14-9)16(2)5-6-19-8-10-3-4-10/h7,10H,3-6,8H2,1-2H3,(H,17,18). The van der Waals surface area contributed by atoms with Crippen molar-refractivity contribution in [2.24, 2.45) is 5.92 Å². The topological polar surface area (TPSA) is 75.5 Å². The third-order valence-electron chi connectivity index (χ3n) is 3.02. The smallest absolute Gasteiger partial charge is 0.354 e. The molecule has 1 fully saturated rings. The molecular weight excluding hydrogens is 246 g/mol. The summed E-state index contributed by atoms with van der Waals surface area (Å²) in [6.45, 7) is 3.83. The van der Waals surface area contributed by atoms with Crippen molar-refractivity contribution in [3.63, 3.8) is 0 Å². The second-order valence-electron chi connectivity index (χ2n) is 4.94. The molecule has 104 valence electrons. The molecule has 0 radical (unpaired) electrons. The summed E-state index contributed by atoms with van der Waals surface area (Å²) in [4.78, 5) is 21.0. The number of likely N-dealkylation sites (N-methyl/N-ethyl adjacent to an activating group) is 1. The first-order chi connectivity index (χ1) is 9.06. The van der Waals surface area contributed by atoms with Crippen molar-refractivity contribution < 1.29 is 14.6 Å². The number of ether oxygens (including phenoxy) is 1. The lowest BCUT2D eigenvalue weighted by Crippen LogP contribution is -2.25. The molecule has 1 aromatic heterocycles. The van der Waals surface area contributed by atoms with Gasteiger partial charge in [-0.1, -0.05) is 0 Å². The third kappa shape index (κ3) is 4.17. The number of hydrogen-bond donors (Lipinski definition) is 1. The highest BCUT2D eigenvalue weighted by molar-refractivity contribution is 5.85. The number of carboxylic acids is 1. The summed E-state index contributed by atoms with van der Waals surface area (Å²) in [5.41, 5.74) is 0.668. The van der Waals surface area contributed by atoms with Crippen LogP contribution in [0.3, 0.4) is 0 Å². The largest absolute Gasteiger partial charge is 0.477 e. The lowest BCUT2D eigenvalue weighted by atomic mass is 10.3. The Morgan fingerprint density at radius 2 is 2.26 bits per heavy atom. The van der Waals surface area contributed by atoms with Crippen molar-refractivity contribution in [2.75, 3.05) is 31.7 Å². The van der Waals surface area contributed by atoms with Gasteiger partial charge in [0, 0.05) is 25.9 Å². The van der Waals surface area contributed by atoms with Crippen molar-refractivity contribution >= 4 is 11.9 Å². The first-order valence-corrected chi connectivity index (χ1v) is 6.44. The summed E-state index contributed by atoms with van der Waals surface area (Å²) in [7, 11) is 1.83. The number of carboxylic acid groups (broad SMARTS) is 1. The van der Waals surface area contributed by atoms with E-state index in [4.69, 9.17) is 9.84 Å². The van der Waals surface area contributed by atoms with Crippen LogP contribution in [0.2, 0.25) is 0 Å². The van der Waals surface area contributed by atoms with E-state index < -0.39 is 5.97 Å². The van der Waals surface area contributed by atoms with Gasteiger partial charge in [0.1, 0.15) is 0 Å². The zero-order valence-electron chi connectivity index (χ0n) is 11.3. The van der Waals surface area contributed by atoms with Gasteiger partial charge in [0.15, 0.2) is 5.69 Å². The summed E-state index contributed by atoms with van der Waals surface area (Å²) in [5, 5.41) is 8.96. The van der Waals surface area contributed by atoms with Crippen LogP contribution in [0.15, 0.2) is 6.07 Å². The van der Waals surface area contributed by atoms with Gasteiger partial charge in [0.05, 0.1) is 6.61 Å². The number of anilines is 1. The molecule has 0 spiro atoms. The van der Waals surface area contributed by atoms with E-state index in [1.165, 1.54) is 18.9 Å². The van der Waals surface area contributed by atoms with Crippen molar-refractivity contribution in [1.29, 1.82) is 0 Å². The van der Waals surface area contributed by atoms with Crippen LogP contribution in [0.1, 0.15) is 29.0 Å². The van der Waals surface area contributed by atoms with Crippen LogP contribution in [-0.4, -0.2) is 47.8 Å². The van der Waals surface area contributed by atoms with Crippen LogP contribution in [0.5, 0.6) is 0 Å². The Balaban J connectivity index is 1.89. The van der Waals surface area contributed by atoms with E-state index in [1.807, 2.05) is 11.9 Å². The average Bonchev–Trinajstić information content (AvgIpc) is 3.17. The second-order valence-corrected chi connectivity index (χ2v) is 4.94. The van der Waals surface area contributed by atoms with Crippen molar-refractivity contribution in [1.82, 2.24) is 9.97 Å². The van der Waals surface area contributed by atoms with Gasteiger partial charge in [-0.2, -0.15) is 0 Å². The second kappa shape index (κ2) is 5.97. The van der Waals surface area contributed by atoms with Crippen LogP contribution in [0.25, 0.3) is 0 Å². The lowest BCUT2D eigenvalue weighted by molar-refractivity contribution is 0.0690. The molecule has 1 aromatic rings. The highest BCUT2D eigenvalue weighted by Crippen LogP contribution is 2.28. The molecule has 0 aromatic carbocycles. The van der Waals surface area contributed by atoms with Gasteiger partial charge in [-0.3, -0.25) is 0 Å². The maximum absolute atomic E-state index is 10.9. The molecule has 6 heteroatoms. The number of nitrogens with zero attached hydrogens (tertiary/aromatic N) is 3. The van der Waals surface area contributed by atoms with Crippen LogP contribution in [-0.2, 0) is 4.74 Å². The summed E-state index contributed by atoms with van der Waals surface area (Å²) in [6.07, 6.45) is 2.55. The fourth-order valence-corrected chi connectivity index (χ4v) is 1.67. The van der Waals surface area contributed by atoms with E-state index >= 15 is 0 Å². The first-order valence-electron chi connectivity index (χ1n) is 6.44. The molecule has 0 bridgehead atoms. The summed E-state index contributed by atoms with van der Waals surface area (Å²) in [6, 6.07) is 1.46. The Morgan fingerprint density at radius 1 is 1.53 bits per heavy atom. The molecule has 1 aliphatic rings. The molecule has 2 rings (SSSR count). The normalized spacial score (nSPS) is 14.4. The molecule has 0 unspecified atom stereocenters. The highest BCUT2D eigenvalue weighted by Gasteiger charge is 2.21. The Bertz CT molecular complexity index is 460. The monoisotopic (exact) mass is 265 g/mol. The Kier molecular flexibility index (Phi) is 4.31. The maximum Gasteiger partial charge on any atom is 0.354 e. The Labute approximate surface area is 112 Å². The fraction of sp³-hybridized carbons (Fsp3) is 0.615. The van der Waals surface area contributed by atoms with E-state index in [2.05, 4.69) is 9.97 Å². The zero-order valence-corrected chi connectivity index (χ0v) is 11.3. The zero-order chi connectivity index (χ0) is 13.8. The van der Waals surface area contributed by atoms with Gasteiger partial charge in [-0.05, 0) is 31.7 Å². The van der Waals surface area contributed by atoms with E-state index in [0.717, 1.165) is 12.5 Å². The highest BCUT2D eigenvalue weighted by atomic mass is 16.5. The number of aryl methyl sites for hydroxylation is 1. The summed E-state index contributed by atoms with van der Waals surface area (Å²) < 4.78 is 5.54. The summed E-state index contributed by atoms with van der Waals surface area (Å²) >= 11 is 0. The Morgan fingerprint density at radius 3 is 2.89 bits per heavy atom. The molecule has 0 aliphatic heterocycles. The van der Waals surface area contributed by atoms with E-state index in [0.29, 0.717) is 24.8 Å². The molecule has 0 amide bonds. The predicted molar refractivity (Wildman–Crippen MR) is 70.5 cm³/mol. The lowest BCUT2D eigenvalue weighted by Gasteiger charge is -2.17.